The van der Waals surface area contributed by atoms with Crippen molar-refractivity contribution in [1.29, 1.82) is 0 Å². The van der Waals surface area contributed by atoms with Crippen LogP contribution in [0.3, 0.4) is 0 Å². The van der Waals surface area contributed by atoms with Crippen LogP contribution in [-0.2, 0) is 12.8 Å². The number of aryl methyl sites for hydroxylation is 1. The van der Waals surface area contributed by atoms with E-state index >= 15 is 0 Å². The fourth-order valence-electron chi connectivity index (χ4n) is 3.50. The second-order valence-electron chi connectivity index (χ2n) is 7.05. The summed E-state index contributed by atoms with van der Waals surface area (Å²) in [7, 11) is 0. The van der Waals surface area contributed by atoms with Gasteiger partial charge in [0.15, 0.2) is 5.78 Å². The molecule has 0 bridgehead atoms. The zero-order valence-corrected chi connectivity index (χ0v) is 18.5. The molecular formula is C20H18BrN5O3S. The van der Waals surface area contributed by atoms with Crippen molar-refractivity contribution < 1.29 is 9.72 Å². The molecule has 1 atom stereocenters. The maximum absolute atomic E-state index is 13.3. The van der Waals surface area contributed by atoms with Gasteiger partial charge >= 0.3 is 0 Å². The summed E-state index contributed by atoms with van der Waals surface area (Å²) in [6.07, 6.45) is 2.76. The molecule has 10 heteroatoms. The molecule has 8 nitrogen and oxygen atoms in total. The molecule has 0 amide bonds. The van der Waals surface area contributed by atoms with Gasteiger partial charge in [-0.1, -0.05) is 59.2 Å². The van der Waals surface area contributed by atoms with Crippen molar-refractivity contribution in [2.24, 2.45) is 0 Å². The largest absolute Gasteiger partial charge is 0.292 e. The van der Waals surface area contributed by atoms with Gasteiger partial charge in [-0.15, -0.1) is 5.10 Å². The zero-order valence-electron chi connectivity index (χ0n) is 16.1. The van der Waals surface area contributed by atoms with E-state index in [0.29, 0.717) is 22.7 Å². The highest BCUT2D eigenvalue weighted by Gasteiger charge is 2.48. The van der Waals surface area contributed by atoms with Crippen LogP contribution in [-0.4, -0.2) is 34.6 Å². The number of nitro groups is 1. The topological polar surface area (TPSA) is 104 Å². The van der Waals surface area contributed by atoms with Crippen molar-refractivity contribution in [3.63, 3.8) is 0 Å². The molecule has 3 aromatic rings. The highest BCUT2D eigenvalue weighted by Crippen LogP contribution is 2.50. The van der Waals surface area contributed by atoms with Crippen LogP contribution in [0.25, 0.3) is 5.69 Å². The highest BCUT2D eigenvalue weighted by molar-refractivity contribution is 9.12. The standard InChI is InChI=1S/C20H18BrN5O3S/c1-2-3-7-13-10-15-16(17(11-13)26(28)29)12-20(21,18(15)27)30-19-22-23-24-25(19)14-8-5-4-6-9-14/h4-6,8-11H,2-3,7,12H2,1H3. The van der Waals surface area contributed by atoms with Gasteiger partial charge < -0.3 is 0 Å². The molecule has 2 aromatic carbocycles. The summed E-state index contributed by atoms with van der Waals surface area (Å²) >= 11 is 4.72. The van der Waals surface area contributed by atoms with Crippen LogP contribution in [0.4, 0.5) is 5.69 Å². The van der Waals surface area contributed by atoms with Gasteiger partial charge in [0.05, 0.1) is 10.6 Å². The number of carbonyl (C=O) groups excluding carboxylic acids is 1. The lowest BCUT2D eigenvalue weighted by Crippen LogP contribution is -2.24. The zero-order chi connectivity index (χ0) is 21.3. The molecule has 1 aliphatic rings. The van der Waals surface area contributed by atoms with Crippen LogP contribution in [0.2, 0.25) is 0 Å². The lowest BCUT2D eigenvalue weighted by Gasteiger charge is -2.17. The third-order valence-electron chi connectivity index (χ3n) is 4.98. The third-order valence-corrected chi connectivity index (χ3v) is 7.20. The van der Waals surface area contributed by atoms with Gasteiger partial charge in [-0.25, -0.2) is 0 Å². The molecule has 0 fully saturated rings. The van der Waals surface area contributed by atoms with Crippen LogP contribution in [0.1, 0.15) is 41.3 Å². The van der Waals surface area contributed by atoms with Crippen molar-refractivity contribution in [3.05, 3.63) is 69.3 Å². The summed E-state index contributed by atoms with van der Waals surface area (Å²) in [5.41, 5.74) is 2.42. The predicted octanol–water partition coefficient (Wildman–Crippen LogP) is 4.54. The van der Waals surface area contributed by atoms with E-state index in [-0.39, 0.29) is 17.9 Å². The van der Waals surface area contributed by atoms with Gasteiger partial charge in [-0.05, 0) is 47.0 Å². The van der Waals surface area contributed by atoms with E-state index in [1.165, 1.54) is 0 Å². The molecule has 4 rings (SSSR count). The summed E-state index contributed by atoms with van der Waals surface area (Å²) in [5, 5.41) is 23.9. The Morgan fingerprint density at radius 2 is 2.07 bits per heavy atom. The monoisotopic (exact) mass is 487 g/mol. The van der Waals surface area contributed by atoms with E-state index in [9.17, 15) is 14.9 Å². The van der Waals surface area contributed by atoms with E-state index in [2.05, 4.69) is 38.4 Å². The molecule has 30 heavy (non-hydrogen) atoms. The van der Waals surface area contributed by atoms with Crippen LogP contribution >= 0.6 is 27.7 Å². The predicted molar refractivity (Wildman–Crippen MR) is 116 cm³/mol. The second kappa shape index (κ2) is 8.27. The molecule has 0 saturated carbocycles. The van der Waals surface area contributed by atoms with Gasteiger partial charge in [0.1, 0.15) is 3.66 Å². The number of hydrogen-bond donors (Lipinski definition) is 0. The number of nitro benzene ring substituents is 1. The Balaban J connectivity index is 1.69. The van der Waals surface area contributed by atoms with Crippen LogP contribution in [0, 0.1) is 10.1 Å². The number of fused-ring (bicyclic) bond motifs is 1. The minimum absolute atomic E-state index is 0.00321. The Morgan fingerprint density at radius 3 is 2.77 bits per heavy atom. The number of halogens is 1. The Kier molecular flexibility index (Phi) is 5.70. The number of hydrogen-bond acceptors (Lipinski definition) is 7. The number of aromatic nitrogens is 4. The molecule has 0 N–H and O–H groups in total. The van der Waals surface area contributed by atoms with Gasteiger partial charge in [0.25, 0.3) is 5.69 Å². The molecule has 0 radical (unpaired) electrons. The van der Waals surface area contributed by atoms with E-state index in [1.54, 1.807) is 16.8 Å². The van der Waals surface area contributed by atoms with Crippen molar-refractivity contribution in [2.45, 2.75) is 41.4 Å². The summed E-state index contributed by atoms with van der Waals surface area (Å²) in [6, 6.07) is 12.7. The molecular weight excluding hydrogens is 470 g/mol. The average Bonchev–Trinajstić information content (AvgIpc) is 3.29. The fraction of sp³-hybridized carbons (Fsp3) is 0.300. The number of rotatable bonds is 7. The number of ketones is 1. The Hall–Kier alpha value is -2.59. The van der Waals surface area contributed by atoms with Crippen molar-refractivity contribution in [2.75, 3.05) is 0 Å². The SMILES string of the molecule is CCCCc1cc2c(c([N+](=O)[O-])c1)CC(Br)(Sc1nnnn1-c1ccccc1)C2=O. The van der Waals surface area contributed by atoms with Crippen LogP contribution in [0.5, 0.6) is 0 Å². The molecule has 1 heterocycles. The minimum Gasteiger partial charge on any atom is -0.292 e. The smallest absolute Gasteiger partial charge is 0.273 e. The molecule has 0 aliphatic heterocycles. The summed E-state index contributed by atoms with van der Waals surface area (Å²) in [4.78, 5) is 24.6. The second-order valence-corrected chi connectivity index (χ2v) is 10.2. The number of Topliss-reactive ketones (excluding diaryl/α,β-unsaturated/α-hetero) is 1. The van der Waals surface area contributed by atoms with E-state index in [4.69, 9.17) is 0 Å². The van der Waals surface area contributed by atoms with E-state index in [0.717, 1.165) is 35.9 Å². The highest BCUT2D eigenvalue weighted by atomic mass is 79.9. The average molecular weight is 488 g/mol. The van der Waals surface area contributed by atoms with E-state index < -0.39 is 8.58 Å². The maximum atomic E-state index is 13.3. The Morgan fingerprint density at radius 1 is 1.30 bits per heavy atom. The van der Waals surface area contributed by atoms with Crippen molar-refractivity contribution in [1.82, 2.24) is 20.2 Å². The molecule has 0 saturated heterocycles. The number of benzene rings is 2. The third kappa shape index (κ3) is 3.77. The molecule has 1 unspecified atom stereocenters. The first-order valence-corrected chi connectivity index (χ1v) is 11.1. The van der Waals surface area contributed by atoms with Crippen LogP contribution < -0.4 is 0 Å². The first kappa shape index (κ1) is 20.7. The molecule has 1 aliphatic carbocycles. The van der Waals surface area contributed by atoms with Crippen molar-refractivity contribution >= 4 is 39.2 Å². The number of carbonyl (C=O) groups is 1. The molecule has 0 spiro atoms. The van der Waals surface area contributed by atoms with E-state index in [1.807, 2.05) is 30.3 Å². The van der Waals surface area contributed by atoms with Gasteiger partial charge in [-0.2, -0.15) is 4.68 Å². The summed E-state index contributed by atoms with van der Waals surface area (Å²) in [5.74, 6) is -0.202. The maximum Gasteiger partial charge on any atom is 0.273 e. The number of thioether (sulfide) groups is 1. The Labute approximate surface area is 185 Å². The normalized spacial score (nSPS) is 17.9. The first-order valence-electron chi connectivity index (χ1n) is 9.49. The lowest BCUT2D eigenvalue weighted by molar-refractivity contribution is -0.385. The van der Waals surface area contributed by atoms with Gasteiger partial charge in [-0.3, -0.25) is 14.9 Å². The number of tetrazole rings is 1. The quantitative estimate of drug-likeness (QED) is 0.273. The van der Waals surface area contributed by atoms with Gasteiger partial charge in [0.2, 0.25) is 5.16 Å². The Bertz CT molecular complexity index is 1120. The number of unbranched alkanes of at least 4 members (excludes halogenated alkanes) is 1. The lowest BCUT2D eigenvalue weighted by atomic mass is 10.0. The van der Waals surface area contributed by atoms with Crippen LogP contribution in [0.15, 0.2) is 47.6 Å². The summed E-state index contributed by atoms with van der Waals surface area (Å²) in [6.45, 7) is 2.06. The number of alkyl halides is 1. The first-order chi connectivity index (χ1) is 14.4. The van der Waals surface area contributed by atoms with Crippen molar-refractivity contribution in [3.8, 4) is 5.69 Å². The number of para-hydroxylation sites is 1. The van der Waals surface area contributed by atoms with Gasteiger partial charge in [0, 0.05) is 23.6 Å². The number of nitrogens with zero attached hydrogens (tertiary/aromatic N) is 5. The molecule has 1 aromatic heterocycles. The molecule has 154 valence electrons. The fourth-order valence-corrected chi connectivity index (χ4v) is 5.44. The summed E-state index contributed by atoms with van der Waals surface area (Å²) < 4.78 is 0.440. The minimum atomic E-state index is -1.11.